The van der Waals surface area contributed by atoms with Crippen LogP contribution >= 0.6 is 11.3 Å². The second kappa shape index (κ2) is 6.82. The zero-order chi connectivity index (χ0) is 17.2. The van der Waals surface area contributed by atoms with Gasteiger partial charge in [0, 0.05) is 5.92 Å². The summed E-state index contributed by atoms with van der Waals surface area (Å²) in [5, 5.41) is 14.9. The third-order valence-electron chi connectivity index (χ3n) is 3.22. The summed E-state index contributed by atoms with van der Waals surface area (Å²) in [6.07, 6.45) is 1.66. The van der Waals surface area contributed by atoms with E-state index in [9.17, 15) is 9.59 Å². The molecule has 1 aliphatic carbocycles. The highest BCUT2D eigenvalue weighted by Gasteiger charge is 2.30. The van der Waals surface area contributed by atoms with Crippen LogP contribution in [0.4, 0.5) is 9.93 Å². The molecule has 2 N–H and O–H groups in total. The summed E-state index contributed by atoms with van der Waals surface area (Å²) in [6.45, 7) is 9.04. The van der Waals surface area contributed by atoms with Crippen molar-refractivity contribution in [2.24, 2.45) is 5.92 Å². The fourth-order valence-corrected chi connectivity index (χ4v) is 2.85. The second-order valence-corrected chi connectivity index (χ2v) is 8.09. The molecule has 1 unspecified atom stereocenters. The molecule has 1 atom stereocenters. The predicted octanol–water partition coefficient (Wildman–Crippen LogP) is 2.90. The Kier molecular flexibility index (Phi) is 5.23. The average molecular weight is 340 g/mol. The van der Waals surface area contributed by atoms with Crippen LogP contribution in [0.1, 0.15) is 58.4 Å². The van der Waals surface area contributed by atoms with Crippen molar-refractivity contribution < 1.29 is 14.3 Å². The Morgan fingerprint density at radius 3 is 2.43 bits per heavy atom. The number of hydrogen-bond acceptors (Lipinski definition) is 6. The van der Waals surface area contributed by atoms with Crippen molar-refractivity contribution in [2.75, 3.05) is 5.32 Å². The summed E-state index contributed by atoms with van der Waals surface area (Å²) in [4.78, 5) is 24.3. The van der Waals surface area contributed by atoms with Gasteiger partial charge in [0.2, 0.25) is 11.0 Å². The number of alkyl carbamates (subject to hydrolysis) is 1. The summed E-state index contributed by atoms with van der Waals surface area (Å²) < 4.78 is 5.21. The number of hydrogen-bond donors (Lipinski definition) is 2. The number of carbonyl (C=O) groups excluding carboxylic acids is 2. The molecular weight excluding hydrogens is 316 g/mol. The maximum Gasteiger partial charge on any atom is 0.408 e. The van der Waals surface area contributed by atoms with Crippen molar-refractivity contribution in [3.63, 3.8) is 0 Å². The third kappa shape index (κ3) is 5.46. The Morgan fingerprint density at radius 2 is 1.91 bits per heavy atom. The molecule has 0 saturated heterocycles. The maximum absolute atomic E-state index is 12.4. The number of nitrogens with one attached hydrogen (secondary N) is 2. The fraction of sp³-hybridized carbons (Fsp3) is 0.733. The fourth-order valence-electron chi connectivity index (χ4n) is 1.93. The Morgan fingerprint density at radius 1 is 1.26 bits per heavy atom. The van der Waals surface area contributed by atoms with Gasteiger partial charge in [-0.3, -0.25) is 10.1 Å². The minimum Gasteiger partial charge on any atom is -0.444 e. The van der Waals surface area contributed by atoms with Gasteiger partial charge in [0.05, 0.1) is 0 Å². The molecule has 1 aliphatic rings. The van der Waals surface area contributed by atoms with Crippen LogP contribution < -0.4 is 10.6 Å². The Balaban J connectivity index is 1.95. The van der Waals surface area contributed by atoms with E-state index >= 15 is 0 Å². The highest BCUT2D eigenvalue weighted by molar-refractivity contribution is 7.15. The Bertz CT molecular complexity index is 576. The van der Waals surface area contributed by atoms with Gasteiger partial charge in [0.1, 0.15) is 16.7 Å². The van der Waals surface area contributed by atoms with Crippen LogP contribution in [0.15, 0.2) is 0 Å². The Labute approximate surface area is 140 Å². The molecule has 0 radical (unpaired) electrons. The number of carbonyl (C=O) groups is 2. The molecule has 1 fully saturated rings. The van der Waals surface area contributed by atoms with Gasteiger partial charge in [-0.05, 0) is 39.5 Å². The molecule has 1 saturated carbocycles. The zero-order valence-electron chi connectivity index (χ0n) is 14.2. The number of aromatic nitrogens is 2. The quantitative estimate of drug-likeness (QED) is 0.859. The van der Waals surface area contributed by atoms with E-state index in [1.54, 1.807) is 20.8 Å². The van der Waals surface area contributed by atoms with E-state index in [0.717, 1.165) is 17.8 Å². The molecule has 8 heteroatoms. The lowest BCUT2D eigenvalue weighted by Crippen LogP contribution is -2.48. The van der Waals surface area contributed by atoms with E-state index in [4.69, 9.17) is 4.74 Å². The molecule has 0 spiro atoms. The summed E-state index contributed by atoms with van der Waals surface area (Å²) in [5.41, 5.74) is -0.611. The first-order chi connectivity index (χ1) is 10.7. The topological polar surface area (TPSA) is 93.2 Å². The molecule has 1 aromatic heterocycles. The van der Waals surface area contributed by atoms with Gasteiger partial charge in [-0.15, -0.1) is 10.2 Å². The van der Waals surface area contributed by atoms with Gasteiger partial charge in [-0.2, -0.15) is 0 Å². The summed E-state index contributed by atoms with van der Waals surface area (Å²) in [5.74, 6) is 0.0987. The number of nitrogens with zero attached hydrogens (tertiary/aromatic N) is 2. The van der Waals surface area contributed by atoms with E-state index in [1.807, 2.05) is 13.8 Å². The summed E-state index contributed by atoms with van der Waals surface area (Å²) >= 11 is 1.39. The largest absolute Gasteiger partial charge is 0.444 e. The number of anilines is 1. The first-order valence-corrected chi connectivity index (χ1v) is 8.61. The summed E-state index contributed by atoms with van der Waals surface area (Å²) in [6, 6.07) is -0.696. The molecule has 23 heavy (non-hydrogen) atoms. The van der Waals surface area contributed by atoms with Crippen molar-refractivity contribution in [2.45, 2.75) is 65.0 Å². The van der Waals surface area contributed by atoms with E-state index in [0.29, 0.717) is 11.0 Å². The van der Waals surface area contributed by atoms with Crippen LogP contribution in [0, 0.1) is 5.92 Å². The van der Waals surface area contributed by atoms with Crippen LogP contribution in [0.5, 0.6) is 0 Å². The lowest BCUT2D eigenvalue weighted by atomic mass is 10.0. The SMILES string of the molecule is CC(C)C(NC(=O)OC(C)(C)C)C(=O)Nc1nnc(C2CC2)s1. The smallest absolute Gasteiger partial charge is 0.408 e. The molecule has 7 nitrogen and oxygen atoms in total. The standard InChI is InChI=1S/C15H24N4O3S/c1-8(2)10(16-14(21)22-15(3,4)5)11(20)17-13-19-18-12(23-13)9-6-7-9/h8-10H,6-7H2,1-5H3,(H,16,21)(H,17,19,20). The minimum absolute atomic E-state index is 0.0849. The van der Waals surface area contributed by atoms with Crippen LogP contribution in [0.2, 0.25) is 0 Å². The minimum atomic E-state index is -0.696. The van der Waals surface area contributed by atoms with Gasteiger partial charge in [0.25, 0.3) is 0 Å². The van der Waals surface area contributed by atoms with Gasteiger partial charge < -0.3 is 10.1 Å². The van der Waals surface area contributed by atoms with Crippen molar-refractivity contribution in [3.8, 4) is 0 Å². The first kappa shape index (κ1) is 17.7. The maximum atomic E-state index is 12.4. The molecule has 1 aromatic rings. The van der Waals surface area contributed by atoms with Gasteiger partial charge in [-0.1, -0.05) is 25.2 Å². The zero-order valence-corrected chi connectivity index (χ0v) is 15.0. The predicted molar refractivity (Wildman–Crippen MR) is 88.5 cm³/mol. The van der Waals surface area contributed by atoms with Crippen molar-refractivity contribution in [1.29, 1.82) is 0 Å². The monoisotopic (exact) mass is 340 g/mol. The third-order valence-corrected chi connectivity index (χ3v) is 4.22. The molecule has 0 aliphatic heterocycles. The van der Waals surface area contributed by atoms with Gasteiger partial charge >= 0.3 is 6.09 Å². The first-order valence-electron chi connectivity index (χ1n) is 7.79. The lowest BCUT2D eigenvalue weighted by molar-refractivity contribution is -0.119. The van der Waals surface area contributed by atoms with Crippen LogP contribution in [0.3, 0.4) is 0 Å². The highest BCUT2D eigenvalue weighted by Crippen LogP contribution is 2.42. The normalized spacial score (nSPS) is 16.1. The van der Waals surface area contributed by atoms with Crippen molar-refractivity contribution in [3.05, 3.63) is 5.01 Å². The molecule has 1 heterocycles. The molecule has 0 bridgehead atoms. The Hall–Kier alpha value is -1.70. The highest BCUT2D eigenvalue weighted by atomic mass is 32.1. The van der Waals surface area contributed by atoms with E-state index in [-0.39, 0.29) is 11.8 Å². The molecular formula is C15H24N4O3S. The van der Waals surface area contributed by atoms with E-state index < -0.39 is 17.7 Å². The van der Waals surface area contributed by atoms with Gasteiger partial charge in [-0.25, -0.2) is 4.79 Å². The average Bonchev–Trinajstić information content (AvgIpc) is 3.14. The molecule has 0 aromatic carbocycles. The van der Waals surface area contributed by atoms with E-state index in [1.165, 1.54) is 11.3 Å². The van der Waals surface area contributed by atoms with Crippen molar-refractivity contribution in [1.82, 2.24) is 15.5 Å². The number of ether oxygens (including phenoxy) is 1. The second-order valence-electron chi connectivity index (χ2n) is 7.08. The number of rotatable bonds is 5. The van der Waals surface area contributed by atoms with E-state index in [2.05, 4.69) is 20.8 Å². The van der Waals surface area contributed by atoms with Crippen molar-refractivity contribution >= 4 is 28.5 Å². The lowest BCUT2D eigenvalue weighted by Gasteiger charge is -2.24. The number of amides is 2. The summed E-state index contributed by atoms with van der Waals surface area (Å²) in [7, 11) is 0. The van der Waals surface area contributed by atoms with Gasteiger partial charge in [0.15, 0.2) is 0 Å². The van der Waals surface area contributed by atoms with Crippen LogP contribution in [-0.2, 0) is 9.53 Å². The molecule has 128 valence electrons. The van der Waals surface area contributed by atoms with Crippen LogP contribution in [-0.4, -0.2) is 33.8 Å². The molecule has 2 rings (SSSR count). The molecule has 2 amide bonds. The van der Waals surface area contributed by atoms with Crippen LogP contribution in [0.25, 0.3) is 0 Å².